The minimum atomic E-state index is -0.281. The molecule has 168 valence electrons. The van der Waals surface area contributed by atoms with Crippen molar-refractivity contribution in [3.63, 3.8) is 0 Å². The van der Waals surface area contributed by atoms with Crippen molar-refractivity contribution < 1.29 is 14.4 Å². The predicted octanol–water partition coefficient (Wildman–Crippen LogP) is 4.44. The van der Waals surface area contributed by atoms with Gasteiger partial charge in [0.1, 0.15) is 5.82 Å². The van der Waals surface area contributed by atoms with Crippen LogP contribution in [-0.2, 0) is 16.1 Å². The van der Waals surface area contributed by atoms with E-state index in [-0.39, 0.29) is 37.1 Å². The van der Waals surface area contributed by atoms with Gasteiger partial charge in [0.25, 0.3) is 5.91 Å². The molecule has 0 bridgehead atoms. The summed E-state index contributed by atoms with van der Waals surface area (Å²) >= 11 is 0. The zero-order valence-electron chi connectivity index (χ0n) is 18.3. The summed E-state index contributed by atoms with van der Waals surface area (Å²) in [4.78, 5) is 38.0. The zero-order valence-corrected chi connectivity index (χ0v) is 18.3. The smallest absolute Gasteiger partial charge is 0.256 e. The van der Waals surface area contributed by atoms with Gasteiger partial charge in [-0.05, 0) is 29.8 Å². The maximum Gasteiger partial charge on any atom is 0.256 e. The molecule has 0 atom stereocenters. The Morgan fingerprint density at radius 2 is 1.44 bits per heavy atom. The van der Waals surface area contributed by atoms with Crippen LogP contribution in [0.5, 0.6) is 0 Å². The lowest BCUT2D eigenvalue weighted by molar-refractivity contribution is -0.139. The quantitative estimate of drug-likeness (QED) is 0.440. The summed E-state index contributed by atoms with van der Waals surface area (Å²) in [6.45, 7) is 0.223. The second-order valence-corrected chi connectivity index (χ2v) is 8.05. The molecule has 34 heavy (non-hydrogen) atoms. The number of para-hydroxylation sites is 1. The number of amides is 3. The first-order valence-corrected chi connectivity index (χ1v) is 11.0. The van der Waals surface area contributed by atoms with E-state index in [1.165, 1.54) is 4.90 Å². The Morgan fingerprint density at radius 3 is 2.09 bits per heavy atom. The molecular formula is C27H22N4O3. The molecule has 1 aromatic heterocycles. The highest BCUT2D eigenvalue weighted by atomic mass is 16.2. The minimum absolute atomic E-state index is 0.157. The van der Waals surface area contributed by atoms with E-state index in [1.54, 1.807) is 28.9 Å². The Labute approximate surface area is 196 Å². The van der Waals surface area contributed by atoms with Gasteiger partial charge in [0, 0.05) is 30.0 Å². The molecular weight excluding hydrogens is 428 g/mol. The number of hydrogen-bond donors (Lipinski definition) is 1. The van der Waals surface area contributed by atoms with Gasteiger partial charge in [-0.25, -0.2) is 4.68 Å². The van der Waals surface area contributed by atoms with Gasteiger partial charge in [0.2, 0.25) is 11.8 Å². The molecule has 1 aliphatic heterocycles. The summed E-state index contributed by atoms with van der Waals surface area (Å²) in [5, 5.41) is 7.68. The lowest BCUT2D eigenvalue weighted by atomic mass is 10.1. The predicted molar refractivity (Wildman–Crippen MR) is 128 cm³/mol. The van der Waals surface area contributed by atoms with Gasteiger partial charge in [0.15, 0.2) is 0 Å². The molecule has 2 heterocycles. The monoisotopic (exact) mass is 450 g/mol. The molecule has 1 fully saturated rings. The van der Waals surface area contributed by atoms with E-state index in [9.17, 15) is 14.4 Å². The van der Waals surface area contributed by atoms with Crippen LogP contribution in [-0.4, -0.2) is 32.4 Å². The van der Waals surface area contributed by atoms with Crippen LogP contribution in [0.1, 0.15) is 28.8 Å². The lowest BCUT2D eigenvalue weighted by Gasteiger charge is -2.14. The Hall–Kier alpha value is -4.52. The van der Waals surface area contributed by atoms with Crippen LogP contribution < -0.4 is 5.32 Å². The highest BCUT2D eigenvalue weighted by molar-refractivity contribution is 6.04. The molecule has 4 aromatic rings. The maximum atomic E-state index is 13.0. The standard InChI is InChI=1S/C27H22N4O3/c32-25-15-16-26(33)30(25)18-19-11-13-21(14-12-19)27(34)28-24-17-23(20-7-3-1-4-8-20)29-31(24)22-9-5-2-6-10-22/h1-14,17H,15-16,18H2,(H,28,34). The maximum absolute atomic E-state index is 13.0. The van der Waals surface area contributed by atoms with Crippen molar-refractivity contribution in [2.75, 3.05) is 5.32 Å². The van der Waals surface area contributed by atoms with Gasteiger partial charge in [-0.1, -0.05) is 60.7 Å². The normalized spacial score (nSPS) is 13.4. The third-order valence-corrected chi connectivity index (χ3v) is 5.73. The number of anilines is 1. The van der Waals surface area contributed by atoms with Crippen LogP contribution in [0.4, 0.5) is 5.82 Å². The molecule has 1 aliphatic rings. The zero-order chi connectivity index (χ0) is 23.5. The van der Waals surface area contributed by atoms with E-state index in [0.29, 0.717) is 11.4 Å². The number of aromatic nitrogens is 2. The third kappa shape index (κ3) is 4.36. The Morgan fingerprint density at radius 1 is 0.824 bits per heavy atom. The fraction of sp³-hybridized carbons (Fsp3) is 0.111. The van der Waals surface area contributed by atoms with Crippen molar-refractivity contribution in [3.8, 4) is 16.9 Å². The molecule has 1 N–H and O–H groups in total. The van der Waals surface area contributed by atoms with E-state index < -0.39 is 0 Å². The van der Waals surface area contributed by atoms with Crippen LogP contribution in [0.15, 0.2) is 91.0 Å². The molecule has 0 unspecified atom stereocenters. The second kappa shape index (κ2) is 9.15. The average Bonchev–Trinajstić information content (AvgIpc) is 3.44. The average molecular weight is 450 g/mol. The Balaban J connectivity index is 1.38. The number of nitrogens with zero attached hydrogens (tertiary/aromatic N) is 3. The van der Waals surface area contributed by atoms with Gasteiger partial charge >= 0.3 is 0 Å². The summed E-state index contributed by atoms with van der Waals surface area (Å²) in [5.74, 6) is -0.0469. The van der Waals surface area contributed by atoms with E-state index >= 15 is 0 Å². The largest absolute Gasteiger partial charge is 0.306 e. The van der Waals surface area contributed by atoms with E-state index in [4.69, 9.17) is 5.10 Å². The summed E-state index contributed by atoms with van der Waals surface area (Å²) in [7, 11) is 0. The molecule has 1 saturated heterocycles. The minimum Gasteiger partial charge on any atom is -0.306 e. The number of hydrogen-bond acceptors (Lipinski definition) is 4. The molecule has 0 spiro atoms. The van der Waals surface area contributed by atoms with Gasteiger partial charge in [-0.15, -0.1) is 0 Å². The van der Waals surface area contributed by atoms with Crippen LogP contribution in [0.25, 0.3) is 16.9 Å². The lowest BCUT2D eigenvalue weighted by Crippen LogP contribution is -2.28. The number of imide groups is 1. The van der Waals surface area contributed by atoms with Crippen LogP contribution in [0.3, 0.4) is 0 Å². The number of nitrogens with one attached hydrogen (secondary N) is 1. The SMILES string of the molecule is O=C(Nc1cc(-c2ccccc2)nn1-c1ccccc1)c1ccc(CN2C(=O)CCC2=O)cc1. The highest BCUT2D eigenvalue weighted by Gasteiger charge is 2.28. The first-order valence-electron chi connectivity index (χ1n) is 11.0. The van der Waals surface area contributed by atoms with Gasteiger partial charge < -0.3 is 5.32 Å². The van der Waals surface area contributed by atoms with Gasteiger partial charge in [-0.3, -0.25) is 19.3 Å². The molecule has 3 aromatic carbocycles. The van der Waals surface area contributed by atoms with Crippen LogP contribution in [0.2, 0.25) is 0 Å². The molecule has 0 aliphatic carbocycles. The summed E-state index contributed by atoms with van der Waals surface area (Å²) in [6, 6.07) is 28.1. The van der Waals surface area contributed by atoms with Crippen molar-refractivity contribution in [1.29, 1.82) is 0 Å². The third-order valence-electron chi connectivity index (χ3n) is 5.73. The fourth-order valence-corrected chi connectivity index (χ4v) is 3.92. The van der Waals surface area contributed by atoms with Crippen molar-refractivity contribution >= 4 is 23.5 Å². The molecule has 7 nitrogen and oxygen atoms in total. The molecule has 0 radical (unpaired) electrons. The van der Waals surface area contributed by atoms with Crippen LogP contribution in [0, 0.1) is 0 Å². The topological polar surface area (TPSA) is 84.3 Å². The highest BCUT2D eigenvalue weighted by Crippen LogP contribution is 2.25. The summed E-state index contributed by atoms with van der Waals surface area (Å²) in [6.07, 6.45) is 0.527. The van der Waals surface area contributed by atoms with E-state index in [2.05, 4.69) is 5.32 Å². The molecule has 5 rings (SSSR count). The summed E-state index contributed by atoms with van der Waals surface area (Å²) < 4.78 is 1.71. The molecule has 3 amide bonds. The van der Waals surface area contributed by atoms with Gasteiger partial charge in [0.05, 0.1) is 17.9 Å². The fourth-order valence-electron chi connectivity index (χ4n) is 3.92. The number of carbonyl (C=O) groups excluding carboxylic acids is 3. The first kappa shape index (κ1) is 21.3. The molecule has 7 heteroatoms. The first-order chi connectivity index (χ1) is 16.6. The number of carbonyl (C=O) groups is 3. The van der Waals surface area contributed by atoms with Gasteiger partial charge in [-0.2, -0.15) is 5.10 Å². The van der Waals surface area contributed by atoms with E-state index in [0.717, 1.165) is 22.5 Å². The van der Waals surface area contributed by atoms with Crippen molar-refractivity contribution in [2.45, 2.75) is 19.4 Å². The molecule has 0 saturated carbocycles. The Kier molecular flexibility index (Phi) is 5.74. The number of likely N-dealkylation sites (tertiary alicyclic amines) is 1. The summed E-state index contributed by atoms with van der Waals surface area (Å²) in [5.41, 5.74) is 3.78. The number of benzene rings is 3. The van der Waals surface area contributed by atoms with E-state index in [1.807, 2.05) is 66.7 Å². The van der Waals surface area contributed by atoms with Crippen molar-refractivity contribution in [2.24, 2.45) is 0 Å². The second-order valence-electron chi connectivity index (χ2n) is 8.05. The Bertz CT molecular complexity index is 1330. The van der Waals surface area contributed by atoms with Crippen LogP contribution >= 0.6 is 0 Å². The van der Waals surface area contributed by atoms with Crippen molar-refractivity contribution in [3.05, 3.63) is 102 Å². The van der Waals surface area contributed by atoms with Crippen molar-refractivity contribution in [1.82, 2.24) is 14.7 Å². The number of rotatable bonds is 6.